The highest BCUT2D eigenvalue weighted by molar-refractivity contribution is 6.18. The van der Waals surface area contributed by atoms with Crippen molar-refractivity contribution in [3.63, 3.8) is 0 Å². The lowest BCUT2D eigenvalue weighted by molar-refractivity contribution is 0.0774. The molecule has 0 heterocycles. The summed E-state index contributed by atoms with van der Waals surface area (Å²) in [4.78, 5) is 0. The average Bonchev–Trinajstić information content (AvgIpc) is 2.09. The molecule has 74 valence electrons. The van der Waals surface area contributed by atoms with Crippen molar-refractivity contribution in [2.24, 2.45) is 11.3 Å². The highest BCUT2D eigenvalue weighted by atomic mass is 35.5. The van der Waals surface area contributed by atoms with E-state index in [2.05, 4.69) is 20.8 Å². The van der Waals surface area contributed by atoms with Crippen LogP contribution in [0.3, 0.4) is 0 Å². The fourth-order valence-corrected chi connectivity index (χ4v) is 2.34. The lowest BCUT2D eigenvalue weighted by Gasteiger charge is -2.35. The van der Waals surface area contributed by atoms with Crippen LogP contribution in [-0.4, -0.2) is 19.6 Å². The standard InChI is InChI=1S/C10H21ClO/c1-5-10(6-2,8-11)9(3)7-12-4/h9H,5-8H2,1-4H3. The molecule has 0 N–H and O–H groups in total. The molecule has 0 rings (SSSR count). The Balaban J connectivity index is 4.24. The van der Waals surface area contributed by atoms with Gasteiger partial charge in [-0.25, -0.2) is 0 Å². The first-order valence-corrected chi connectivity index (χ1v) is 5.25. The zero-order chi connectivity index (χ0) is 9.61. The van der Waals surface area contributed by atoms with Crippen LogP contribution in [0, 0.1) is 11.3 Å². The minimum atomic E-state index is 0.275. The summed E-state index contributed by atoms with van der Waals surface area (Å²) >= 11 is 6.00. The molecule has 0 aromatic carbocycles. The molecule has 0 saturated heterocycles. The van der Waals surface area contributed by atoms with Crippen molar-refractivity contribution >= 4 is 11.6 Å². The van der Waals surface area contributed by atoms with Crippen molar-refractivity contribution in [3.8, 4) is 0 Å². The van der Waals surface area contributed by atoms with Crippen LogP contribution in [-0.2, 0) is 4.74 Å². The molecule has 0 saturated carbocycles. The minimum Gasteiger partial charge on any atom is -0.384 e. The van der Waals surface area contributed by atoms with E-state index < -0.39 is 0 Å². The number of halogens is 1. The second kappa shape index (κ2) is 5.82. The molecule has 0 amide bonds. The number of ether oxygens (including phenoxy) is 1. The molecule has 0 radical (unpaired) electrons. The minimum absolute atomic E-state index is 0.275. The second-order valence-electron chi connectivity index (χ2n) is 3.56. The average molecular weight is 193 g/mol. The van der Waals surface area contributed by atoms with Crippen LogP contribution < -0.4 is 0 Å². The predicted molar refractivity (Wildman–Crippen MR) is 54.8 cm³/mol. The van der Waals surface area contributed by atoms with E-state index in [1.807, 2.05) is 0 Å². The summed E-state index contributed by atoms with van der Waals surface area (Å²) < 4.78 is 5.16. The maximum absolute atomic E-state index is 6.00. The molecule has 1 nitrogen and oxygen atoms in total. The second-order valence-corrected chi connectivity index (χ2v) is 3.83. The topological polar surface area (TPSA) is 9.23 Å². The van der Waals surface area contributed by atoms with Crippen LogP contribution in [0.5, 0.6) is 0 Å². The maximum Gasteiger partial charge on any atom is 0.0493 e. The molecule has 0 fully saturated rings. The summed E-state index contributed by atoms with van der Waals surface area (Å²) in [5, 5.41) is 0. The Morgan fingerprint density at radius 2 is 1.83 bits per heavy atom. The van der Waals surface area contributed by atoms with Crippen LogP contribution >= 0.6 is 11.6 Å². The Labute approximate surface area is 81.4 Å². The molecule has 0 aliphatic rings. The van der Waals surface area contributed by atoms with Crippen LogP contribution in [0.1, 0.15) is 33.6 Å². The van der Waals surface area contributed by atoms with Gasteiger partial charge in [-0.3, -0.25) is 0 Å². The van der Waals surface area contributed by atoms with Crippen LogP contribution in [0.2, 0.25) is 0 Å². The molecule has 0 aromatic rings. The van der Waals surface area contributed by atoms with E-state index in [1.54, 1.807) is 7.11 Å². The van der Waals surface area contributed by atoms with Gasteiger partial charge in [0.25, 0.3) is 0 Å². The van der Waals surface area contributed by atoms with Crippen molar-refractivity contribution in [1.82, 2.24) is 0 Å². The van der Waals surface area contributed by atoms with Gasteiger partial charge in [0, 0.05) is 19.6 Å². The van der Waals surface area contributed by atoms with Gasteiger partial charge in [-0.15, -0.1) is 11.6 Å². The van der Waals surface area contributed by atoms with Gasteiger partial charge in [0.1, 0.15) is 0 Å². The van der Waals surface area contributed by atoms with Gasteiger partial charge in [0.2, 0.25) is 0 Å². The van der Waals surface area contributed by atoms with Gasteiger partial charge in [-0.2, -0.15) is 0 Å². The molecule has 0 spiro atoms. The lowest BCUT2D eigenvalue weighted by Crippen LogP contribution is -2.32. The van der Waals surface area contributed by atoms with Crippen LogP contribution in [0.4, 0.5) is 0 Å². The Kier molecular flexibility index (Phi) is 5.94. The normalized spacial score (nSPS) is 14.8. The first kappa shape index (κ1) is 12.2. The summed E-state index contributed by atoms with van der Waals surface area (Å²) in [5.41, 5.74) is 0.275. The van der Waals surface area contributed by atoms with Gasteiger partial charge in [-0.05, 0) is 24.2 Å². The first-order chi connectivity index (χ1) is 5.66. The van der Waals surface area contributed by atoms with E-state index in [0.29, 0.717) is 5.92 Å². The van der Waals surface area contributed by atoms with E-state index in [4.69, 9.17) is 16.3 Å². The van der Waals surface area contributed by atoms with E-state index >= 15 is 0 Å². The first-order valence-electron chi connectivity index (χ1n) is 4.71. The predicted octanol–water partition coefficient (Wildman–Crippen LogP) is 3.31. The molecule has 0 aliphatic carbocycles. The third-order valence-electron chi connectivity index (χ3n) is 3.14. The number of methoxy groups -OCH3 is 1. The van der Waals surface area contributed by atoms with Crippen LogP contribution in [0.15, 0.2) is 0 Å². The van der Waals surface area contributed by atoms with Gasteiger partial charge in [0.05, 0.1) is 0 Å². The van der Waals surface area contributed by atoms with Crippen molar-refractivity contribution in [3.05, 3.63) is 0 Å². The third kappa shape index (κ3) is 2.63. The summed E-state index contributed by atoms with van der Waals surface area (Å²) in [5.74, 6) is 1.29. The highest BCUT2D eigenvalue weighted by Crippen LogP contribution is 2.36. The Hall–Kier alpha value is 0.250. The van der Waals surface area contributed by atoms with Crippen molar-refractivity contribution in [2.45, 2.75) is 33.6 Å². The largest absolute Gasteiger partial charge is 0.384 e. The zero-order valence-electron chi connectivity index (χ0n) is 8.69. The van der Waals surface area contributed by atoms with Crippen LogP contribution in [0.25, 0.3) is 0 Å². The molecule has 0 aliphatic heterocycles. The Bertz CT molecular complexity index is 102. The van der Waals surface area contributed by atoms with Crippen molar-refractivity contribution < 1.29 is 4.74 Å². The van der Waals surface area contributed by atoms with E-state index in [9.17, 15) is 0 Å². The summed E-state index contributed by atoms with van der Waals surface area (Å²) in [6.45, 7) is 7.45. The monoisotopic (exact) mass is 192 g/mol. The van der Waals surface area contributed by atoms with Gasteiger partial charge in [-0.1, -0.05) is 20.8 Å². The lowest BCUT2D eigenvalue weighted by atomic mass is 9.74. The number of alkyl halides is 1. The summed E-state index contributed by atoms with van der Waals surface area (Å²) in [6.07, 6.45) is 2.27. The SMILES string of the molecule is CCC(CC)(CCl)C(C)COC. The highest BCUT2D eigenvalue weighted by Gasteiger charge is 2.31. The fraction of sp³-hybridized carbons (Fsp3) is 1.00. The fourth-order valence-electron chi connectivity index (χ4n) is 1.69. The molecule has 1 unspecified atom stereocenters. The quantitative estimate of drug-likeness (QED) is 0.587. The van der Waals surface area contributed by atoms with Gasteiger partial charge in [0.15, 0.2) is 0 Å². The molecule has 12 heavy (non-hydrogen) atoms. The third-order valence-corrected chi connectivity index (χ3v) is 3.67. The van der Waals surface area contributed by atoms with E-state index in [1.165, 1.54) is 0 Å². The summed E-state index contributed by atoms with van der Waals surface area (Å²) in [6, 6.07) is 0. The van der Waals surface area contributed by atoms with Crippen molar-refractivity contribution in [2.75, 3.05) is 19.6 Å². The van der Waals surface area contributed by atoms with Gasteiger partial charge < -0.3 is 4.74 Å². The Morgan fingerprint density at radius 3 is 2.08 bits per heavy atom. The Morgan fingerprint density at radius 1 is 1.33 bits per heavy atom. The molecular formula is C10H21ClO. The molecule has 1 atom stereocenters. The molecule has 0 aromatic heterocycles. The van der Waals surface area contributed by atoms with E-state index in [-0.39, 0.29) is 5.41 Å². The maximum atomic E-state index is 6.00. The van der Waals surface area contributed by atoms with Gasteiger partial charge >= 0.3 is 0 Å². The molecule has 2 heteroatoms. The number of rotatable bonds is 6. The smallest absolute Gasteiger partial charge is 0.0493 e. The molecular weight excluding hydrogens is 172 g/mol. The van der Waals surface area contributed by atoms with Crippen molar-refractivity contribution in [1.29, 1.82) is 0 Å². The molecule has 0 bridgehead atoms. The number of hydrogen-bond donors (Lipinski definition) is 0. The van der Waals surface area contributed by atoms with E-state index in [0.717, 1.165) is 25.3 Å². The summed E-state index contributed by atoms with van der Waals surface area (Å²) in [7, 11) is 1.75. The number of hydrogen-bond acceptors (Lipinski definition) is 1. The zero-order valence-corrected chi connectivity index (χ0v) is 9.45.